The van der Waals surface area contributed by atoms with Crippen LogP contribution in [0.4, 0.5) is 5.69 Å². The van der Waals surface area contributed by atoms with Crippen molar-refractivity contribution in [2.75, 3.05) is 26.6 Å². The largest absolute Gasteiger partial charge is 0.733 e. The molecule has 8 heteroatoms. The zero-order valence-electron chi connectivity index (χ0n) is 15.1. The van der Waals surface area contributed by atoms with E-state index in [0.29, 0.717) is 16.9 Å². The van der Waals surface area contributed by atoms with Crippen LogP contribution < -0.4 is 25.0 Å². The minimum absolute atomic E-state index is 0.137. The van der Waals surface area contributed by atoms with Crippen LogP contribution in [0.5, 0.6) is 17.2 Å². The van der Waals surface area contributed by atoms with E-state index in [1.807, 2.05) is 6.07 Å². The molecule has 0 saturated carbocycles. The number of pyridine rings is 1. The van der Waals surface area contributed by atoms with Crippen LogP contribution >= 0.6 is 0 Å². The summed E-state index contributed by atoms with van der Waals surface area (Å²) in [5.41, 5.74) is 0.346. The van der Waals surface area contributed by atoms with Crippen molar-refractivity contribution in [3.63, 3.8) is 0 Å². The summed E-state index contributed by atoms with van der Waals surface area (Å²) in [6.45, 7) is 0.267. The monoisotopic (exact) mass is 371 g/mol. The molecule has 142 valence electrons. The second-order valence-electron chi connectivity index (χ2n) is 5.81. The summed E-state index contributed by atoms with van der Waals surface area (Å²) < 4.78 is 17.1. The molecule has 1 aromatic heterocycles. The number of aromatic nitrogens is 1. The normalized spacial score (nSPS) is 10.7. The number of hydrogen-bond donors (Lipinski definition) is 1. The van der Waals surface area contributed by atoms with Crippen LogP contribution in [0.3, 0.4) is 0 Å². The Labute approximate surface area is 155 Å². The fourth-order valence-electron chi connectivity index (χ4n) is 2.90. The van der Waals surface area contributed by atoms with E-state index in [1.54, 1.807) is 38.6 Å². The lowest BCUT2D eigenvalue weighted by Gasteiger charge is -2.24. The molecule has 0 bridgehead atoms. The fourth-order valence-corrected chi connectivity index (χ4v) is 2.90. The molecule has 2 aromatic carbocycles. The van der Waals surface area contributed by atoms with Crippen LogP contribution in [0.25, 0.3) is 10.8 Å². The highest BCUT2D eigenvalue weighted by Gasteiger charge is 2.12. The highest BCUT2D eigenvalue weighted by atomic mass is 16.8. The van der Waals surface area contributed by atoms with Gasteiger partial charge in [0, 0.05) is 23.2 Å². The summed E-state index contributed by atoms with van der Waals surface area (Å²) >= 11 is 0. The molecule has 0 amide bonds. The maximum absolute atomic E-state index is 12.9. The average Bonchev–Trinajstić information content (AvgIpc) is 2.69. The zero-order valence-corrected chi connectivity index (χ0v) is 15.1. The number of benzene rings is 2. The fraction of sp³-hybridized carbons (Fsp3) is 0.211. The molecule has 0 radical (unpaired) electrons. The van der Waals surface area contributed by atoms with Gasteiger partial charge in [0.15, 0.2) is 0 Å². The number of methoxy groups -OCH3 is 3. The lowest BCUT2D eigenvalue weighted by Crippen LogP contribution is -2.21. The van der Waals surface area contributed by atoms with Crippen LogP contribution in [0, 0.1) is 5.21 Å². The second kappa shape index (κ2) is 7.56. The topological polar surface area (TPSA) is 96.2 Å². The molecule has 0 unspecified atom stereocenters. The SMILES string of the molecule is COc1ccc(Cn2ccc3cc(OC)c(N([O-])O)cc3c2=O)c(OC)c1. The van der Waals surface area contributed by atoms with Gasteiger partial charge in [0.2, 0.25) is 0 Å². The molecular formula is C19H19N2O6-. The third kappa shape index (κ3) is 3.53. The Balaban J connectivity index is 2.09. The van der Waals surface area contributed by atoms with Gasteiger partial charge in [-0.05, 0) is 35.7 Å². The van der Waals surface area contributed by atoms with E-state index in [9.17, 15) is 15.2 Å². The molecule has 0 spiro atoms. The Bertz CT molecular complexity index is 1030. The number of hydrogen-bond acceptors (Lipinski definition) is 7. The van der Waals surface area contributed by atoms with Crippen LogP contribution in [-0.4, -0.2) is 31.1 Å². The van der Waals surface area contributed by atoms with Gasteiger partial charge in [-0.25, -0.2) is 0 Å². The van der Waals surface area contributed by atoms with Crippen molar-refractivity contribution in [1.82, 2.24) is 4.57 Å². The highest BCUT2D eigenvalue weighted by Crippen LogP contribution is 2.31. The van der Waals surface area contributed by atoms with Gasteiger partial charge in [0.1, 0.15) is 17.2 Å². The second-order valence-corrected chi connectivity index (χ2v) is 5.81. The predicted octanol–water partition coefficient (Wildman–Crippen LogP) is 2.77. The molecule has 0 saturated heterocycles. The summed E-state index contributed by atoms with van der Waals surface area (Å²) in [6, 6.07) is 9.93. The van der Waals surface area contributed by atoms with Gasteiger partial charge in [-0.1, -0.05) is 0 Å². The van der Waals surface area contributed by atoms with E-state index < -0.39 is 0 Å². The number of rotatable bonds is 6. The molecule has 0 aliphatic carbocycles. The summed E-state index contributed by atoms with van der Waals surface area (Å²) in [4.78, 5) is 12.9. The maximum Gasteiger partial charge on any atom is 0.258 e. The minimum Gasteiger partial charge on any atom is -0.733 e. The molecule has 8 nitrogen and oxygen atoms in total. The average molecular weight is 371 g/mol. The molecule has 3 rings (SSSR count). The first-order chi connectivity index (χ1) is 13.0. The van der Waals surface area contributed by atoms with Crippen molar-refractivity contribution >= 4 is 16.5 Å². The van der Waals surface area contributed by atoms with Gasteiger partial charge < -0.3 is 29.2 Å². The quantitative estimate of drug-likeness (QED) is 0.666. The number of nitrogens with zero attached hydrogens (tertiary/aromatic N) is 2. The van der Waals surface area contributed by atoms with E-state index in [4.69, 9.17) is 14.2 Å². The molecule has 0 fully saturated rings. The Morgan fingerprint density at radius 2 is 1.78 bits per heavy atom. The lowest BCUT2D eigenvalue weighted by atomic mass is 10.1. The van der Waals surface area contributed by atoms with E-state index in [1.165, 1.54) is 23.8 Å². The minimum atomic E-state index is -0.318. The van der Waals surface area contributed by atoms with Crippen molar-refractivity contribution in [3.05, 3.63) is 63.7 Å². The van der Waals surface area contributed by atoms with Crippen molar-refractivity contribution < 1.29 is 19.4 Å². The predicted molar refractivity (Wildman–Crippen MR) is 101 cm³/mol. The lowest BCUT2D eigenvalue weighted by molar-refractivity contribution is 0.290. The first-order valence-corrected chi connectivity index (χ1v) is 8.06. The van der Waals surface area contributed by atoms with Crippen LogP contribution in [0.15, 0.2) is 47.4 Å². The van der Waals surface area contributed by atoms with Gasteiger partial charge in [-0.3, -0.25) is 10.0 Å². The summed E-state index contributed by atoms with van der Waals surface area (Å²) in [6.07, 6.45) is 1.65. The van der Waals surface area contributed by atoms with Crippen molar-refractivity contribution in [1.29, 1.82) is 0 Å². The first-order valence-electron chi connectivity index (χ1n) is 8.06. The Hall–Kier alpha value is -3.23. The molecule has 0 aliphatic heterocycles. The summed E-state index contributed by atoms with van der Waals surface area (Å²) in [7, 11) is 4.49. The third-order valence-corrected chi connectivity index (χ3v) is 4.32. The van der Waals surface area contributed by atoms with Crippen molar-refractivity contribution in [2.24, 2.45) is 0 Å². The van der Waals surface area contributed by atoms with Crippen molar-refractivity contribution in [2.45, 2.75) is 6.54 Å². The van der Waals surface area contributed by atoms with Gasteiger partial charge in [0.25, 0.3) is 5.56 Å². The molecule has 0 atom stereocenters. The molecule has 3 aromatic rings. The van der Waals surface area contributed by atoms with Gasteiger partial charge in [-0.2, -0.15) is 0 Å². The highest BCUT2D eigenvalue weighted by molar-refractivity contribution is 5.88. The van der Waals surface area contributed by atoms with Crippen LogP contribution in [0.2, 0.25) is 0 Å². The van der Waals surface area contributed by atoms with Gasteiger partial charge >= 0.3 is 0 Å². The molecule has 1 heterocycles. The number of fused-ring (bicyclic) bond motifs is 1. The van der Waals surface area contributed by atoms with Crippen LogP contribution in [-0.2, 0) is 6.54 Å². The smallest absolute Gasteiger partial charge is 0.258 e. The molecular weight excluding hydrogens is 352 g/mol. The molecule has 27 heavy (non-hydrogen) atoms. The molecule has 1 N–H and O–H groups in total. The number of ether oxygens (including phenoxy) is 3. The Morgan fingerprint density at radius 3 is 2.41 bits per heavy atom. The van der Waals surface area contributed by atoms with E-state index in [2.05, 4.69) is 0 Å². The third-order valence-electron chi connectivity index (χ3n) is 4.32. The Morgan fingerprint density at radius 1 is 1.04 bits per heavy atom. The maximum atomic E-state index is 12.9. The van der Waals surface area contributed by atoms with Gasteiger partial charge in [0.05, 0.1) is 33.6 Å². The van der Waals surface area contributed by atoms with E-state index in [-0.39, 0.29) is 34.2 Å². The summed E-state index contributed by atoms with van der Waals surface area (Å²) in [5.74, 6) is 1.42. The van der Waals surface area contributed by atoms with Crippen molar-refractivity contribution in [3.8, 4) is 17.2 Å². The van der Waals surface area contributed by atoms with Crippen LogP contribution in [0.1, 0.15) is 5.56 Å². The first kappa shape index (κ1) is 18.6. The van der Waals surface area contributed by atoms with Gasteiger partial charge in [-0.15, -0.1) is 0 Å². The van der Waals surface area contributed by atoms with E-state index >= 15 is 0 Å². The molecule has 0 aliphatic rings. The van der Waals surface area contributed by atoms with E-state index in [0.717, 1.165) is 5.56 Å². The number of anilines is 1. The Kier molecular flexibility index (Phi) is 5.20. The summed E-state index contributed by atoms with van der Waals surface area (Å²) in [5, 5.41) is 21.2. The standard InChI is InChI=1S/C19H19N2O6/c1-25-14-5-4-13(17(9-14)26-2)11-20-7-6-12-8-18(27-3)16(21(23)24)10-15(12)19(20)22/h4-10,23H,11H2,1-3H3/q-1. The zero-order chi connectivity index (χ0) is 19.6.